The van der Waals surface area contributed by atoms with E-state index in [4.69, 9.17) is 0 Å². The van der Waals surface area contributed by atoms with Crippen LogP contribution in [0.4, 0.5) is 0 Å². The van der Waals surface area contributed by atoms with Gasteiger partial charge in [0.05, 0.1) is 12.4 Å². The number of hydrogen-bond donors (Lipinski definition) is 0. The zero-order valence-corrected chi connectivity index (χ0v) is 7.25. The monoisotopic (exact) mass is 180 g/mol. The van der Waals surface area contributed by atoms with Gasteiger partial charge in [-0.1, -0.05) is 7.43 Å². The molecule has 0 unspecified atom stereocenters. The van der Waals surface area contributed by atoms with Crippen molar-refractivity contribution in [3.8, 4) is 0 Å². The fraction of sp³-hybridized carbons (Fsp3) is 0.333. The van der Waals surface area contributed by atoms with E-state index in [1.54, 1.807) is 19.4 Å². The summed E-state index contributed by atoms with van der Waals surface area (Å²) >= 11 is 0. The quantitative estimate of drug-likeness (QED) is 0.615. The number of hydrogen-bond acceptors (Lipinski definition) is 2. The number of aromatic nitrogens is 4. The van der Waals surface area contributed by atoms with Crippen molar-refractivity contribution < 1.29 is 0 Å². The largest absolute Gasteiger partial charge is 0.357 e. The number of aryl methyl sites for hydroxylation is 2. The van der Waals surface area contributed by atoms with Crippen molar-refractivity contribution in [2.75, 3.05) is 0 Å². The zero-order valence-electron chi connectivity index (χ0n) is 7.25. The molecule has 13 heavy (non-hydrogen) atoms. The van der Waals surface area contributed by atoms with Crippen LogP contribution in [0.15, 0.2) is 36.9 Å². The van der Waals surface area contributed by atoms with Crippen LogP contribution in [0.5, 0.6) is 0 Å². The lowest BCUT2D eigenvalue weighted by Crippen LogP contribution is -1.89. The van der Waals surface area contributed by atoms with Gasteiger partial charge in [-0.3, -0.25) is 0 Å². The Labute approximate surface area is 78.8 Å². The van der Waals surface area contributed by atoms with Gasteiger partial charge in [-0.05, 0) is 12.1 Å². The van der Waals surface area contributed by atoms with Crippen LogP contribution < -0.4 is 0 Å². The van der Waals surface area contributed by atoms with Crippen LogP contribution >= 0.6 is 0 Å². The predicted octanol–water partition coefficient (Wildman–Crippen LogP) is 1.48. The van der Waals surface area contributed by atoms with Gasteiger partial charge in [0, 0.05) is 26.5 Å². The highest BCUT2D eigenvalue weighted by Gasteiger charge is 1.70. The van der Waals surface area contributed by atoms with Crippen molar-refractivity contribution in [2.24, 2.45) is 14.1 Å². The molecule has 0 bridgehead atoms. The van der Waals surface area contributed by atoms with Gasteiger partial charge < -0.3 is 4.57 Å². The summed E-state index contributed by atoms with van der Waals surface area (Å²) in [6.07, 6.45) is 7.28. The maximum atomic E-state index is 3.72. The summed E-state index contributed by atoms with van der Waals surface area (Å²) < 4.78 is 2.00. The third-order valence-electron chi connectivity index (χ3n) is 1.29. The van der Waals surface area contributed by atoms with Gasteiger partial charge in [0.15, 0.2) is 0 Å². The van der Waals surface area contributed by atoms with E-state index in [0.717, 1.165) is 0 Å². The third-order valence-corrected chi connectivity index (χ3v) is 1.29. The van der Waals surface area contributed by atoms with E-state index in [9.17, 15) is 0 Å². The summed E-state index contributed by atoms with van der Waals surface area (Å²) in [7, 11) is 3.78. The van der Waals surface area contributed by atoms with Crippen molar-refractivity contribution in [3.63, 3.8) is 0 Å². The summed E-state index contributed by atoms with van der Waals surface area (Å²) in [6.45, 7) is 0. The van der Waals surface area contributed by atoms with E-state index in [0.29, 0.717) is 0 Å². The van der Waals surface area contributed by atoms with Crippen molar-refractivity contribution in [3.05, 3.63) is 36.9 Å². The van der Waals surface area contributed by atoms with E-state index in [2.05, 4.69) is 10.2 Å². The molecule has 0 radical (unpaired) electrons. The molecule has 0 saturated carbocycles. The first-order valence-electron chi connectivity index (χ1n) is 3.66. The Bertz CT molecular complexity index is 251. The molecule has 0 aliphatic carbocycles. The van der Waals surface area contributed by atoms with Crippen LogP contribution in [0.25, 0.3) is 0 Å². The van der Waals surface area contributed by atoms with Gasteiger partial charge in [0.2, 0.25) is 0 Å². The van der Waals surface area contributed by atoms with Crippen LogP contribution in [0.1, 0.15) is 7.43 Å². The first kappa shape index (κ1) is 11.4. The minimum Gasteiger partial charge on any atom is -0.357 e. The third kappa shape index (κ3) is 4.79. The van der Waals surface area contributed by atoms with Crippen LogP contribution in [-0.2, 0) is 14.1 Å². The lowest BCUT2D eigenvalue weighted by molar-refractivity contribution is 0.654. The summed E-state index contributed by atoms with van der Waals surface area (Å²) in [5.74, 6) is 0. The second-order valence-corrected chi connectivity index (χ2v) is 2.37. The van der Waals surface area contributed by atoms with Gasteiger partial charge in [-0.2, -0.15) is 15.0 Å². The fourth-order valence-electron chi connectivity index (χ4n) is 0.703. The molecule has 0 aromatic carbocycles. The molecule has 2 aromatic heterocycles. The minimum absolute atomic E-state index is 0. The van der Waals surface area contributed by atoms with Crippen LogP contribution in [-0.4, -0.2) is 19.6 Å². The summed E-state index contributed by atoms with van der Waals surface area (Å²) in [4.78, 5) is 1.50. The van der Waals surface area contributed by atoms with Gasteiger partial charge in [-0.15, -0.1) is 0 Å². The van der Waals surface area contributed by atoms with Gasteiger partial charge in [0.1, 0.15) is 0 Å². The normalized spacial score (nSPS) is 8.15. The number of rotatable bonds is 0. The Hall–Kier alpha value is -1.58. The van der Waals surface area contributed by atoms with E-state index in [1.807, 2.05) is 36.1 Å². The second kappa shape index (κ2) is 5.99. The molecule has 0 aliphatic heterocycles. The Balaban J connectivity index is 0.000000206. The highest BCUT2D eigenvalue weighted by Crippen LogP contribution is 1.80. The highest BCUT2D eigenvalue weighted by molar-refractivity contribution is 4.88. The van der Waals surface area contributed by atoms with E-state index < -0.39 is 0 Å². The second-order valence-electron chi connectivity index (χ2n) is 2.37. The average Bonchev–Trinajstić information content (AvgIpc) is 2.63. The van der Waals surface area contributed by atoms with E-state index in [-0.39, 0.29) is 7.43 Å². The molecule has 0 fully saturated rings. The molecule has 2 rings (SSSR count). The molecule has 2 heterocycles. The van der Waals surface area contributed by atoms with Gasteiger partial charge in [0.25, 0.3) is 0 Å². The molecule has 0 atom stereocenters. The topological polar surface area (TPSA) is 35.6 Å². The predicted molar refractivity (Wildman–Crippen MR) is 53.1 cm³/mol. The summed E-state index contributed by atoms with van der Waals surface area (Å²) in [5.41, 5.74) is 0. The van der Waals surface area contributed by atoms with Gasteiger partial charge >= 0.3 is 0 Å². The molecule has 0 aliphatic rings. The Morgan fingerprint density at radius 1 is 0.923 bits per heavy atom. The maximum absolute atomic E-state index is 3.72. The first-order valence-corrected chi connectivity index (χ1v) is 3.66. The lowest BCUT2D eigenvalue weighted by Gasteiger charge is -1.79. The molecule has 2 aromatic rings. The zero-order chi connectivity index (χ0) is 8.81. The minimum atomic E-state index is 0. The Morgan fingerprint density at radius 2 is 1.38 bits per heavy atom. The summed E-state index contributed by atoms with van der Waals surface area (Å²) in [6, 6.07) is 4.00. The average molecular weight is 180 g/mol. The first-order chi connectivity index (χ1) is 5.79. The van der Waals surface area contributed by atoms with Crippen LogP contribution in [0.2, 0.25) is 0 Å². The summed E-state index contributed by atoms with van der Waals surface area (Å²) in [5, 5.41) is 7.44. The maximum Gasteiger partial charge on any atom is 0.0692 e. The van der Waals surface area contributed by atoms with Gasteiger partial charge in [-0.25, -0.2) is 0 Å². The Morgan fingerprint density at radius 3 is 1.54 bits per heavy atom. The van der Waals surface area contributed by atoms with Crippen LogP contribution in [0, 0.1) is 0 Å². The lowest BCUT2D eigenvalue weighted by atomic mass is 10.7. The van der Waals surface area contributed by atoms with Crippen LogP contribution in [0.3, 0.4) is 0 Å². The Kier molecular flexibility index (Phi) is 5.27. The molecule has 4 nitrogen and oxygen atoms in total. The van der Waals surface area contributed by atoms with Crippen molar-refractivity contribution in [1.82, 2.24) is 19.6 Å². The van der Waals surface area contributed by atoms with Crippen molar-refractivity contribution in [1.29, 1.82) is 0 Å². The SMILES string of the molecule is C.Cn1cccc1.Cn1nccn1. The fourth-order valence-corrected chi connectivity index (χ4v) is 0.703. The molecule has 0 amide bonds. The van der Waals surface area contributed by atoms with Crippen molar-refractivity contribution >= 4 is 0 Å². The molecular weight excluding hydrogens is 164 g/mol. The molecule has 0 saturated heterocycles. The highest BCUT2D eigenvalue weighted by atomic mass is 15.4. The molecule has 4 heteroatoms. The molecule has 72 valence electrons. The molecular formula is C9H16N4. The molecule has 0 N–H and O–H groups in total. The number of nitrogens with zero attached hydrogens (tertiary/aromatic N) is 4. The van der Waals surface area contributed by atoms with Crippen molar-refractivity contribution in [2.45, 2.75) is 7.43 Å². The van der Waals surface area contributed by atoms with E-state index in [1.165, 1.54) is 4.80 Å². The molecule has 0 spiro atoms. The standard InChI is InChI=1S/C5H7N.C3H5N3.CH4/c2*1-6-4-2-3-5-6;/h2-5H,1H3;2-3H,1H3;1H4. The van der Waals surface area contributed by atoms with E-state index >= 15 is 0 Å². The smallest absolute Gasteiger partial charge is 0.0692 e.